The molecule has 0 amide bonds. The van der Waals surface area contributed by atoms with Gasteiger partial charge >= 0.3 is 0 Å². The monoisotopic (exact) mass is 111 g/mol. The van der Waals surface area contributed by atoms with Crippen LogP contribution in [-0.4, -0.2) is 12.7 Å². The second-order valence-electron chi connectivity index (χ2n) is 2.27. The highest BCUT2D eigenvalue weighted by atomic mass is 16.6. The van der Waals surface area contributed by atoms with Crippen molar-refractivity contribution in [1.82, 2.24) is 0 Å². The first-order valence-electron chi connectivity index (χ1n) is 2.88. The Bertz CT molecular complexity index is 92.6. The molecule has 1 atom stereocenters. The van der Waals surface area contributed by atoms with Gasteiger partial charge in [0.25, 0.3) is 0 Å². The molecule has 45 valence electrons. The normalized spacial score (nSPS) is 25.4. The van der Waals surface area contributed by atoms with Crippen LogP contribution >= 0.6 is 0 Å². The van der Waals surface area contributed by atoms with Gasteiger partial charge in [-0.25, -0.2) is 0 Å². The number of epoxide rings is 1. The predicted molar refractivity (Wildman–Crippen MR) is 33.5 cm³/mol. The Kier molecular flexibility index (Phi) is 1.69. The standard InChI is InChI=1S/C7H11O/c1-6(2)3-4-7-5-8-7/h4,7H,1,3,5H2,2H3. The van der Waals surface area contributed by atoms with Crippen molar-refractivity contribution in [3.05, 3.63) is 18.6 Å². The molecule has 1 heteroatoms. The first-order chi connectivity index (χ1) is 3.79. The number of hydrogen-bond donors (Lipinski definition) is 0. The number of ether oxygens (including phenoxy) is 1. The van der Waals surface area contributed by atoms with E-state index in [9.17, 15) is 0 Å². The van der Waals surface area contributed by atoms with Crippen LogP contribution in [0, 0.1) is 6.42 Å². The van der Waals surface area contributed by atoms with Crippen LogP contribution in [-0.2, 0) is 4.74 Å². The fourth-order valence-corrected chi connectivity index (χ4v) is 0.524. The lowest BCUT2D eigenvalue weighted by Crippen LogP contribution is -1.85. The Labute approximate surface area is 50.3 Å². The van der Waals surface area contributed by atoms with Gasteiger partial charge in [-0.15, -0.1) is 6.58 Å². The fourth-order valence-electron chi connectivity index (χ4n) is 0.524. The number of hydrogen-bond acceptors (Lipinski definition) is 1. The summed E-state index contributed by atoms with van der Waals surface area (Å²) in [6.07, 6.45) is 3.61. The van der Waals surface area contributed by atoms with Gasteiger partial charge < -0.3 is 4.74 Å². The second-order valence-corrected chi connectivity index (χ2v) is 2.27. The second kappa shape index (κ2) is 2.31. The molecule has 1 rings (SSSR count). The van der Waals surface area contributed by atoms with E-state index in [-0.39, 0.29) is 0 Å². The molecule has 0 aromatic rings. The summed E-state index contributed by atoms with van der Waals surface area (Å²) in [5, 5.41) is 0. The molecule has 1 radical (unpaired) electrons. The number of allylic oxidation sites excluding steroid dienone is 1. The summed E-state index contributed by atoms with van der Waals surface area (Å²) in [6, 6.07) is 0. The Morgan fingerprint density at radius 2 is 2.62 bits per heavy atom. The molecule has 0 bridgehead atoms. The third-order valence-electron chi connectivity index (χ3n) is 1.09. The lowest BCUT2D eigenvalue weighted by atomic mass is 10.1. The van der Waals surface area contributed by atoms with Gasteiger partial charge in [-0.3, -0.25) is 0 Å². The predicted octanol–water partition coefficient (Wildman–Crippen LogP) is 1.56. The van der Waals surface area contributed by atoms with E-state index in [4.69, 9.17) is 4.74 Å². The molecule has 8 heavy (non-hydrogen) atoms. The van der Waals surface area contributed by atoms with Crippen LogP contribution in [0.25, 0.3) is 0 Å². The van der Waals surface area contributed by atoms with Gasteiger partial charge in [0.2, 0.25) is 0 Å². The third-order valence-corrected chi connectivity index (χ3v) is 1.09. The van der Waals surface area contributed by atoms with Crippen molar-refractivity contribution in [2.45, 2.75) is 19.4 Å². The molecule has 1 unspecified atom stereocenters. The summed E-state index contributed by atoms with van der Waals surface area (Å²) in [5.41, 5.74) is 1.21. The molecule has 1 saturated heterocycles. The van der Waals surface area contributed by atoms with Gasteiger partial charge in [0.1, 0.15) is 0 Å². The summed E-state index contributed by atoms with van der Waals surface area (Å²) < 4.78 is 4.96. The Morgan fingerprint density at radius 1 is 2.00 bits per heavy atom. The lowest BCUT2D eigenvalue weighted by Gasteiger charge is -1.91. The summed E-state index contributed by atoms with van der Waals surface area (Å²) >= 11 is 0. The van der Waals surface area contributed by atoms with Gasteiger partial charge in [-0.2, -0.15) is 0 Å². The van der Waals surface area contributed by atoms with Crippen LogP contribution in [0.2, 0.25) is 0 Å². The topological polar surface area (TPSA) is 12.5 Å². The Morgan fingerprint density at radius 3 is 3.00 bits per heavy atom. The van der Waals surface area contributed by atoms with Gasteiger partial charge in [-0.1, -0.05) is 5.57 Å². The summed E-state index contributed by atoms with van der Waals surface area (Å²) in [4.78, 5) is 0. The summed E-state index contributed by atoms with van der Waals surface area (Å²) in [7, 11) is 0. The Hall–Kier alpha value is -0.300. The van der Waals surface area contributed by atoms with Crippen LogP contribution in [0.5, 0.6) is 0 Å². The smallest absolute Gasteiger partial charge is 0.0844 e. The quantitative estimate of drug-likeness (QED) is 0.397. The zero-order valence-electron chi connectivity index (χ0n) is 5.18. The van der Waals surface area contributed by atoms with Crippen LogP contribution in [0.4, 0.5) is 0 Å². The van der Waals surface area contributed by atoms with Gasteiger partial charge in [0.15, 0.2) is 0 Å². The van der Waals surface area contributed by atoms with Crippen LogP contribution in [0.15, 0.2) is 12.2 Å². The maximum Gasteiger partial charge on any atom is 0.0844 e. The molecule has 1 aliphatic heterocycles. The minimum absolute atomic E-state index is 0.451. The maximum absolute atomic E-state index is 4.96. The molecule has 0 N–H and O–H groups in total. The molecule has 1 nitrogen and oxygen atoms in total. The molecule has 1 heterocycles. The van der Waals surface area contributed by atoms with Crippen molar-refractivity contribution in [3.8, 4) is 0 Å². The average molecular weight is 111 g/mol. The summed E-state index contributed by atoms with van der Waals surface area (Å²) in [5.74, 6) is 0. The molecule has 1 aliphatic rings. The zero-order valence-corrected chi connectivity index (χ0v) is 5.18. The average Bonchev–Trinajstić information content (AvgIpc) is 2.41. The molecule has 0 saturated carbocycles. The minimum atomic E-state index is 0.451. The van der Waals surface area contributed by atoms with E-state index in [1.165, 1.54) is 5.57 Å². The van der Waals surface area contributed by atoms with Crippen LogP contribution < -0.4 is 0 Å². The van der Waals surface area contributed by atoms with E-state index in [0.717, 1.165) is 13.0 Å². The van der Waals surface area contributed by atoms with E-state index < -0.39 is 0 Å². The first-order valence-corrected chi connectivity index (χ1v) is 2.88. The van der Waals surface area contributed by atoms with Gasteiger partial charge in [0, 0.05) is 0 Å². The fraction of sp³-hybridized carbons (Fsp3) is 0.571. The van der Waals surface area contributed by atoms with E-state index in [1.54, 1.807) is 0 Å². The number of rotatable bonds is 3. The SMILES string of the molecule is C=C(C)C[CH]C1CO1. The molecular weight excluding hydrogens is 100 g/mol. The molecule has 0 aliphatic carbocycles. The van der Waals surface area contributed by atoms with Crippen molar-refractivity contribution in [3.63, 3.8) is 0 Å². The highest BCUT2D eigenvalue weighted by molar-refractivity contribution is 4.99. The van der Waals surface area contributed by atoms with E-state index in [2.05, 4.69) is 13.0 Å². The molecular formula is C7H11O. The van der Waals surface area contributed by atoms with Crippen molar-refractivity contribution < 1.29 is 4.74 Å². The molecule has 0 spiro atoms. The summed E-state index contributed by atoms with van der Waals surface area (Å²) in [6.45, 7) is 6.72. The van der Waals surface area contributed by atoms with Crippen LogP contribution in [0.3, 0.4) is 0 Å². The van der Waals surface area contributed by atoms with Crippen molar-refractivity contribution >= 4 is 0 Å². The molecule has 0 aromatic carbocycles. The lowest BCUT2D eigenvalue weighted by molar-refractivity contribution is 0.427. The highest BCUT2D eigenvalue weighted by Gasteiger charge is 2.21. The maximum atomic E-state index is 4.96. The molecule has 1 fully saturated rings. The van der Waals surface area contributed by atoms with E-state index in [1.807, 2.05) is 6.92 Å². The third kappa shape index (κ3) is 2.12. The Balaban J connectivity index is 1.95. The van der Waals surface area contributed by atoms with Crippen molar-refractivity contribution in [2.24, 2.45) is 0 Å². The highest BCUT2D eigenvalue weighted by Crippen LogP contribution is 2.16. The van der Waals surface area contributed by atoms with E-state index in [0.29, 0.717) is 6.10 Å². The van der Waals surface area contributed by atoms with Crippen molar-refractivity contribution in [1.29, 1.82) is 0 Å². The van der Waals surface area contributed by atoms with Gasteiger partial charge in [0.05, 0.1) is 12.7 Å². The van der Waals surface area contributed by atoms with E-state index >= 15 is 0 Å². The first kappa shape index (κ1) is 5.83. The van der Waals surface area contributed by atoms with Crippen molar-refractivity contribution in [2.75, 3.05) is 6.61 Å². The zero-order chi connectivity index (χ0) is 5.98. The molecule has 0 aromatic heterocycles. The van der Waals surface area contributed by atoms with Crippen LogP contribution in [0.1, 0.15) is 13.3 Å². The largest absolute Gasteiger partial charge is 0.373 e. The minimum Gasteiger partial charge on any atom is -0.373 e. The van der Waals surface area contributed by atoms with Gasteiger partial charge in [-0.05, 0) is 19.8 Å².